The van der Waals surface area contributed by atoms with Gasteiger partial charge in [-0.1, -0.05) is 30.3 Å². The zero-order chi connectivity index (χ0) is 20.9. The standard InChI is InChI=1S/C25H26N2O3/c1-3-30-20-14-8-17(9-15-20)22-16-23(21-6-4-5-7-24(21)28)27-25(26-22)18-10-12-19(29-2)13-11-18/h4-15,23,25,27-28H,3,16H2,1-2H3/t23-,25+/m1/s1. The van der Waals surface area contributed by atoms with Crippen LogP contribution in [0.15, 0.2) is 77.8 Å². The van der Waals surface area contributed by atoms with E-state index < -0.39 is 0 Å². The minimum atomic E-state index is -0.226. The molecule has 0 radical (unpaired) electrons. The number of phenolic OH excluding ortho intramolecular Hbond substituents is 1. The van der Waals surface area contributed by atoms with E-state index in [-0.39, 0.29) is 18.0 Å². The Bertz CT molecular complexity index is 1010. The Kier molecular flexibility index (Phi) is 6.00. The van der Waals surface area contributed by atoms with Crippen molar-refractivity contribution in [2.24, 2.45) is 4.99 Å². The van der Waals surface area contributed by atoms with Crippen LogP contribution in [-0.4, -0.2) is 24.5 Å². The minimum absolute atomic E-state index is 0.0580. The molecule has 2 N–H and O–H groups in total. The van der Waals surface area contributed by atoms with Gasteiger partial charge in [0.1, 0.15) is 23.4 Å². The van der Waals surface area contributed by atoms with Crippen molar-refractivity contribution in [3.63, 3.8) is 0 Å². The van der Waals surface area contributed by atoms with E-state index in [0.29, 0.717) is 13.0 Å². The average Bonchev–Trinajstić information content (AvgIpc) is 2.80. The molecule has 0 spiro atoms. The van der Waals surface area contributed by atoms with Crippen LogP contribution in [0.2, 0.25) is 0 Å². The molecule has 1 aliphatic heterocycles. The summed E-state index contributed by atoms with van der Waals surface area (Å²) in [6, 6.07) is 23.3. The third-order valence-corrected chi connectivity index (χ3v) is 5.28. The summed E-state index contributed by atoms with van der Waals surface area (Å²) in [6.07, 6.45) is 0.453. The first-order valence-corrected chi connectivity index (χ1v) is 10.2. The van der Waals surface area contributed by atoms with Gasteiger partial charge in [-0.25, -0.2) is 0 Å². The summed E-state index contributed by atoms with van der Waals surface area (Å²) >= 11 is 0. The molecule has 0 aliphatic carbocycles. The normalized spacial score (nSPS) is 18.5. The maximum absolute atomic E-state index is 10.4. The van der Waals surface area contributed by atoms with Gasteiger partial charge < -0.3 is 14.6 Å². The van der Waals surface area contributed by atoms with Crippen LogP contribution in [0.4, 0.5) is 0 Å². The highest BCUT2D eigenvalue weighted by Gasteiger charge is 2.27. The maximum Gasteiger partial charge on any atom is 0.126 e. The smallest absolute Gasteiger partial charge is 0.126 e. The van der Waals surface area contributed by atoms with Crippen molar-refractivity contribution in [3.8, 4) is 17.2 Å². The van der Waals surface area contributed by atoms with Gasteiger partial charge in [-0.2, -0.15) is 0 Å². The second-order valence-electron chi connectivity index (χ2n) is 7.19. The highest BCUT2D eigenvalue weighted by atomic mass is 16.5. The summed E-state index contributed by atoms with van der Waals surface area (Å²) in [6.45, 7) is 2.61. The van der Waals surface area contributed by atoms with Gasteiger partial charge in [0.15, 0.2) is 0 Å². The van der Waals surface area contributed by atoms with Crippen LogP contribution in [0, 0.1) is 0 Å². The van der Waals surface area contributed by atoms with Gasteiger partial charge >= 0.3 is 0 Å². The topological polar surface area (TPSA) is 63.1 Å². The molecule has 5 heteroatoms. The number of aromatic hydroxyl groups is 1. The van der Waals surface area contributed by atoms with Crippen LogP contribution >= 0.6 is 0 Å². The molecule has 154 valence electrons. The Morgan fingerprint density at radius 1 is 0.967 bits per heavy atom. The highest BCUT2D eigenvalue weighted by Crippen LogP contribution is 2.34. The number of aliphatic imine (C=N–C) groups is 1. The summed E-state index contributed by atoms with van der Waals surface area (Å²) in [7, 11) is 1.66. The SMILES string of the molecule is CCOc1ccc(C2=N[C@H](c3ccc(OC)cc3)N[C@@H](c3ccccc3O)C2)cc1. The van der Waals surface area contributed by atoms with E-state index in [0.717, 1.165) is 33.9 Å². The van der Waals surface area contributed by atoms with Gasteiger partial charge in [-0.15, -0.1) is 0 Å². The van der Waals surface area contributed by atoms with Gasteiger partial charge in [0.05, 0.1) is 13.7 Å². The number of rotatable bonds is 6. The fraction of sp³-hybridized carbons (Fsp3) is 0.240. The number of hydrogen-bond acceptors (Lipinski definition) is 5. The molecule has 1 aliphatic rings. The number of nitrogens with one attached hydrogen (secondary N) is 1. The summed E-state index contributed by atoms with van der Waals surface area (Å²) in [5.74, 6) is 1.94. The molecule has 30 heavy (non-hydrogen) atoms. The molecule has 2 atom stereocenters. The maximum atomic E-state index is 10.4. The van der Waals surface area contributed by atoms with Gasteiger partial charge in [-0.3, -0.25) is 10.3 Å². The van der Waals surface area contributed by atoms with Crippen LogP contribution < -0.4 is 14.8 Å². The molecule has 4 rings (SSSR count). The molecule has 3 aromatic carbocycles. The van der Waals surface area contributed by atoms with Gasteiger partial charge in [0.25, 0.3) is 0 Å². The van der Waals surface area contributed by atoms with E-state index >= 15 is 0 Å². The largest absolute Gasteiger partial charge is 0.508 e. The zero-order valence-corrected chi connectivity index (χ0v) is 17.2. The molecule has 0 unspecified atom stereocenters. The second kappa shape index (κ2) is 9.01. The number of nitrogens with zero attached hydrogens (tertiary/aromatic N) is 1. The minimum Gasteiger partial charge on any atom is -0.508 e. The van der Waals surface area contributed by atoms with E-state index in [4.69, 9.17) is 14.5 Å². The van der Waals surface area contributed by atoms with Crippen LogP contribution in [0.3, 0.4) is 0 Å². The fourth-order valence-electron chi connectivity index (χ4n) is 3.73. The Balaban J connectivity index is 1.70. The molecular formula is C25H26N2O3. The number of methoxy groups -OCH3 is 1. The second-order valence-corrected chi connectivity index (χ2v) is 7.19. The molecule has 0 amide bonds. The van der Waals surface area contributed by atoms with Gasteiger partial charge in [-0.05, 0) is 60.5 Å². The number of hydrogen-bond donors (Lipinski definition) is 2. The average molecular weight is 402 g/mol. The molecule has 3 aromatic rings. The summed E-state index contributed by atoms with van der Waals surface area (Å²) in [5.41, 5.74) is 3.96. The van der Waals surface area contributed by atoms with E-state index in [1.807, 2.05) is 73.7 Å². The lowest BCUT2D eigenvalue weighted by atomic mass is 9.93. The van der Waals surface area contributed by atoms with Crippen molar-refractivity contribution in [2.75, 3.05) is 13.7 Å². The van der Waals surface area contributed by atoms with Crippen LogP contribution in [0.25, 0.3) is 0 Å². The number of phenols is 1. The highest BCUT2D eigenvalue weighted by molar-refractivity contribution is 6.01. The van der Waals surface area contributed by atoms with Crippen molar-refractivity contribution in [1.82, 2.24) is 5.32 Å². The first kappa shape index (κ1) is 20.0. The van der Waals surface area contributed by atoms with E-state index in [9.17, 15) is 5.11 Å². The lowest BCUT2D eigenvalue weighted by Gasteiger charge is -2.31. The first-order chi connectivity index (χ1) is 14.7. The third-order valence-electron chi connectivity index (χ3n) is 5.28. The lowest BCUT2D eigenvalue weighted by Crippen LogP contribution is -2.33. The van der Waals surface area contributed by atoms with Crippen LogP contribution in [-0.2, 0) is 0 Å². The predicted octanol–water partition coefficient (Wildman–Crippen LogP) is 5.02. The van der Waals surface area contributed by atoms with E-state index in [2.05, 4.69) is 5.32 Å². The van der Waals surface area contributed by atoms with Crippen molar-refractivity contribution in [3.05, 3.63) is 89.5 Å². The molecule has 1 heterocycles. The fourth-order valence-corrected chi connectivity index (χ4v) is 3.73. The molecular weight excluding hydrogens is 376 g/mol. The number of para-hydroxylation sites is 1. The number of benzene rings is 3. The summed E-state index contributed by atoms with van der Waals surface area (Å²) in [5, 5.41) is 14.0. The Morgan fingerprint density at radius 3 is 2.33 bits per heavy atom. The van der Waals surface area contributed by atoms with E-state index in [1.54, 1.807) is 13.2 Å². The Hall–Kier alpha value is -3.31. The molecule has 0 bridgehead atoms. The van der Waals surface area contributed by atoms with Crippen molar-refractivity contribution in [2.45, 2.75) is 25.6 Å². The van der Waals surface area contributed by atoms with Crippen LogP contribution in [0.1, 0.15) is 42.2 Å². The molecule has 5 nitrogen and oxygen atoms in total. The van der Waals surface area contributed by atoms with Gasteiger partial charge in [0, 0.05) is 23.7 Å². The molecule has 0 fully saturated rings. The monoisotopic (exact) mass is 402 g/mol. The summed E-state index contributed by atoms with van der Waals surface area (Å²) in [4.78, 5) is 5.00. The molecule has 0 saturated carbocycles. The molecule has 0 saturated heterocycles. The van der Waals surface area contributed by atoms with Crippen molar-refractivity contribution < 1.29 is 14.6 Å². The first-order valence-electron chi connectivity index (χ1n) is 10.2. The Labute approximate surface area is 177 Å². The van der Waals surface area contributed by atoms with Crippen LogP contribution in [0.5, 0.6) is 17.2 Å². The lowest BCUT2D eigenvalue weighted by molar-refractivity contribution is 0.340. The quantitative estimate of drug-likeness (QED) is 0.608. The predicted molar refractivity (Wildman–Crippen MR) is 118 cm³/mol. The Morgan fingerprint density at radius 2 is 1.67 bits per heavy atom. The zero-order valence-electron chi connectivity index (χ0n) is 17.2. The van der Waals surface area contributed by atoms with E-state index in [1.165, 1.54) is 0 Å². The number of ether oxygens (including phenoxy) is 2. The van der Waals surface area contributed by atoms with Crippen molar-refractivity contribution >= 4 is 5.71 Å². The van der Waals surface area contributed by atoms with Crippen molar-refractivity contribution in [1.29, 1.82) is 0 Å². The van der Waals surface area contributed by atoms with Gasteiger partial charge in [0.2, 0.25) is 0 Å². The molecule has 0 aromatic heterocycles. The third kappa shape index (κ3) is 4.31. The summed E-state index contributed by atoms with van der Waals surface area (Å²) < 4.78 is 10.9.